The van der Waals surface area contributed by atoms with E-state index in [4.69, 9.17) is 31.0 Å². The number of aliphatic hydroxyl groups excluding tert-OH is 1. The number of β-lactam (4-membered cyclic amide) rings is 1. The van der Waals surface area contributed by atoms with E-state index in [0.717, 1.165) is 11.3 Å². The van der Waals surface area contributed by atoms with Crippen molar-refractivity contribution in [2.24, 2.45) is 23.9 Å². The average molecular weight is 711 g/mol. The molecular formula is C27H34N8O11S2. The number of carbonyl (C=O) groups excluding carboxylic acids is 2. The van der Waals surface area contributed by atoms with Crippen molar-refractivity contribution in [2.45, 2.75) is 44.6 Å². The van der Waals surface area contributed by atoms with Gasteiger partial charge in [0.25, 0.3) is 12.0 Å². The third-order valence-corrected chi connectivity index (χ3v) is 8.48. The van der Waals surface area contributed by atoms with Gasteiger partial charge in [0.2, 0.25) is 5.62 Å². The highest BCUT2D eigenvalue weighted by Gasteiger charge is 2.57. The van der Waals surface area contributed by atoms with Crippen molar-refractivity contribution in [3.8, 4) is 17.0 Å². The molecule has 0 aliphatic carbocycles. The normalized spacial score (nSPS) is 17.5. The van der Waals surface area contributed by atoms with Crippen LogP contribution in [0, 0.1) is 11.3 Å². The molecule has 1 aliphatic heterocycles. The van der Waals surface area contributed by atoms with Crippen molar-refractivity contribution < 1.29 is 51.4 Å². The zero-order valence-electron chi connectivity index (χ0n) is 25.8. The zero-order valence-corrected chi connectivity index (χ0v) is 27.5. The number of amides is 1. The monoisotopic (exact) mass is 710 g/mol. The van der Waals surface area contributed by atoms with E-state index < -0.39 is 70.5 Å². The molecule has 3 aromatic rings. The molecule has 1 saturated heterocycles. The number of hydrogen-bond acceptors (Lipinski definition) is 15. The van der Waals surface area contributed by atoms with Gasteiger partial charge in [0, 0.05) is 31.6 Å². The molecule has 2 aromatic heterocycles. The average Bonchev–Trinajstić information content (AvgIpc) is 3.57. The summed E-state index contributed by atoms with van der Waals surface area (Å²) in [5.74, 6) is -3.99. The van der Waals surface area contributed by atoms with Crippen LogP contribution in [0.4, 0.5) is 5.13 Å². The number of carboxylic acids is 1. The molecule has 1 aliphatic rings. The van der Waals surface area contributed by atoms with Crippen molar-refractivity contribution in [1.82, 2.24) is 19.2 Å². The summed E-state index contributed by atoms with van der Waals surface area (Å²) in [6, 6.07) is 6.54. The first-order chi connectivity index (χ1) is 22.4. The number of oxime groups is 1. The van der Waals surface area contributed by atoms with Crippen LogP contribution in [0.3, 0.4) is 0 Å². The van der Waals surface area contributed by atoms with Crippen LogP contribution >= 0.6 is 11.3 Å². The summed E-state index contributed by atoms with van der Waals surface area (Å²) in [6.45, 7) is 2.48. The van der Waals surface area contributed by atoms with Gasteiger partial charge in [-0.1, -0.05) is 5.16 Å². The second-order valence-corrected chi connectivity index (χ2v) is 13.1. The molecule has 1 fully saturated rings. The molecule has 8 N–H and O–H groups in total. The lowest BCUT2D eigenvalue weighted by Gasteiger charge is -2.50. The Kier molecular flexibility index (Phi) is 10.7. The van der Waals surface area contributed by atoms with Crippen molar-refractivity contribution in [3.05, 3.63) is 47.2 Å². The number of nitrogens with two attached hydrogens (primary N) is 2. The molecule has 0 radical (unpaired) electrons. The third-order valence-electron chi connectivity index (χ3n) is 7.47. The Morgan fingerprint density at radius 1 is 1.25 bits per heavy atom. The Morgan fingerprint density at radius 2 is 1.92 bits per heavy atom. The number of imidazole rings is 1. The number of ether oxygens (including phenoxy) is 1. The summed E-state index contributed by atoms with van der Waals surface area (Å²) in [5.41, 5.74) is 10.9. The van der Waals surface area contributed by atoms with Gasteiger partial charge in [0.1, 0.15) is 18.1 Å². The van der Waals surface area contributed by atoms with E-state index in [1.807, 2.05) is 0 Å². The van der Waals surface area contributed by atoms with Crippen molar-refractivity contribution in [3.63, 3.8) is 0 Å². The van der Waals surface area contributed by atoms with E-state index in [1.165, 1.54) is 19.2 Å². The molecule has 0 saturated carbocycles. The van der Waals surface area contributed by atoms with Gasteiger partial charge in [0.15, 0.2) is 16.6 Å². The quantitative estimate of drug-likeness (QED) is 0.0474. The van der Waals surface area contributed by atoms with Gasteiger partial charge in [-0.2, -0.15) is 13.5 Å². The summed E-state index contributed by atoms with van der Waals surface area (Å²) in [5, 5.41) is 33.5. The van der Waals surface area contributed by atoms with Crippen molar-refractivity contribution in [2.75, 3.05) is 18.9 Å². The van der Waals surface area contributed by atoms with E-state index in [2.05, 4.69) is 14.4 Å². The molecule has 260 valence electrons. The second-order valence-electron chi connectivity index (χ2n) is 11.2. The molecule has 48 heavy (non-hydrogen) atoms. The van der Waals surface area contributed by atoms with Gasteiger partial charge in [-0.15, -0.1) is 15.6 Å². The van der Waals surface area contributed by atoms with Gasteiger partial charge in [-0.3, -0.25) is 19.6 Å². The summed E-state index contributed by atoms with van der Waals surface area (Å²) >= 11 is 0.968. The van der Waals surface area contributed by atoms with Gasteiger partial charge in [-0.25, -0.2) is 9.78 Å². The van der Waals surface area contributed by atoms with E-state index in [9.17, 15) is 33.0 Å². The maximum Gasteiger partial charge on any atom is 0.418 e. The topological polar surface area (TPSA) is 288 Å². The lowest BCUT2D eigenvalue weighted by Crippen LogP contribution is -2.68. The Hall–Kier alpha value is -4.67. The number of benzene rings is 1. The molecule has 1 amide bonds. The SMILES string of the molecule is Cn1c(-c2ccc(OCC(O/N=C(\C(=O)CC3C(=O)N(OS(=O)(=O)O)C3(C)C)c3csc(N)n3)C(=O)O)cc2)cn(CC(O)CN)c1=N. The Labute approximate surface area is 277 Å². The maximum atomic E-state index is 13.3. The van der Waals surface area contributed by atoms with Crippen molar-refractivity contribution >= 4 is 50.2 Å². The number of thiazole rings is 1. The second kappa shape index (κ2) is 14.2. The highest BCUT2D eigenvalue weighted by atomic mass is 32.3. The van der Waals surface area contributed by atoms with Crippen LogP contribution in [0.5, 0.6) is 5.75 Å². The number of ketones is 1. The number of aliphatic carboxylic acids is 1. The van der Waals surface area contributed by atoms with E-state index >= 15 is 0 Å². The molecule has 1 aromatic carbocycles. The van der Waals surface area contributed by atoms with Crippen molar-refractivity contribution in [1.29, 1.82) is 5.41 Å². The fourth-order valence-corrected chi connectivity index (χ4v) is 5.76. The maximum absolute atomic E-state index is 13.3. The third kappa shape index (κ3) is 8.06. The summed E-state index contributed by atoms with van der Waals surface area (Å²) in [7, 11) is -3.31. The molecule has 3 atom stereocenters. The van der Waals surface area contributed by atoms with Crippen LogP contribution in [0.25, 0.3) is 11.3 Å². The fourth-order valence-electron chi connectivity index (χ4n) is 4.75. The zero-order chi connectivity index (χ0) is 35.6. The van der Waals surface area contributed by atoms with Crippen LogP contribution in [0.1, 0.15) is 26.0 Å². The van der Waals surface area contributed by atoms with Crippen LogP contribution in [0.2, 0.25) is 0 Å². The predicted molar refractivity (Wildman–Crippen MR) is 167 cm³/mol. The van der Waals surface area contributed by atoms with E-state index in [1.54, 1.807) is 46.6 Å². The number of carbonyl (C=O) groups is 3. The fraction of sp³-hybridized carbons (Fsp3) is 0.407. The highest BCUT2D eigenvalue weighted by molar-refractivity contribution is 7.80. The largest absolute Gasteiger partial charge is 0.489 e. The predicted octanol–water partition coefficient (Wildman–Crippen LogP) is -0.485. The number of hydroxylamine groups is 2. The number of nitrogen functional groups attached to an aromatic ring is 1. The minimum atomic E-state index is -5.00. The number of anilines is 1. The number of nitrogens with zero attached hydrogens (tertiary/aromatic N) is 5. The molecule has 0 bridgehead atoms. The number of Topliss-reactive ketones (excluding diaryl/α,β-unsaturated/α-hetero) is 1. The lowest BCUT2D eigenvalue weighted by atomic mass is 9.74. The molecule has 19 nitrogen and oxygen atoms in total. The van der Waals surface area contributed by atoms with Crippen LogP contribution in [-0.2, 0) is 47.5 Å². The Morgan fingerprint density at radius 3 is 2.46 bits per heavy atom. The molecular weight excluding hydrogens is 676 g/mol. The van der Waals surface area contributed by atoms with Gasteiger partial charge in [-0.05, 0) is 43.7 Å². The number of hydrogen-bond donors (Lipinski definition) is 6. The Bertz CT molecular complexity index is 1880. The van der Waals surface area contributed by atoms with Gasteiger partial charge in [0.05, 0.1) is 29.8 Å². The number of rotatable bonds is 16. The first kappa shape index (κ1) is 36.2. The smallest absolute Gasteiger partial charge is 0.418 e. The van der Waals surface area contributed by atoms with Crippen LogP contribution in [-0.4, -0.2) is 96.6 Å². The first-order valence-electron chi connectivity index (χ1n) is 14.1. The van der Waals surface area contributed by atoms with E-state index in [0.29, 0.717) is 16.3 Å². The van der Waals surface area contributed by atoms with Crippen LogP contribution in [0.15, 0.2) is 41.0 Å². The molecule has 21 heteroatoms. The summed E-state index contributed by atoms with van der Waals surface area (Å²) < 4.78 is 44.3. The summed E-state index contributed by atoms with van der Waals surface area (Å²) in [4.78, 5) is 47.1. The summed E-state index contributed by atoms with van der Waals surface area (Å²) in [6.07, 6.45) is -1.33. The van der Waals surface area contributed by atoms with Crippen LogP contribution < -0.4 is 21.8 Å². The lowest BCUT2D eigenvalue weighted by molar-refractivity contribution is -0.228. The molecule has 0 spiro atoms. The number of carboxylic acid groups (broad SMARTS) is 1. The minimum Gasteiger partial charge on any atom is -0.489 e. The highest BCUT2D eigenvalue weighted by Crippen LogP contribution is 2.40. The molecule has 3 heterocycles. The molecule has 4 rings (SSSR count). The van der Waals surface area contributed by atoms with Gasteiger partial charge >= 0.3 is 16.4 Å². The van der Waals surface area contributed by atoms with Gasteiger partial charge < -0.3 is 40.4 Å². The Balaban J connectivity index is 1.46. The molecule has 3 unspecified atom stereocenters. The number of aromatic nitrogens is 3. The number of nitrogens with one attached hydrogen (secondary N) is 1. The number of aliphatic hydroxyl groups is 1. The standard InChI is InChI=1S/C27H34N8O11S2/c1-27(2)17(23(38)35(27)46-48(41,42)43)8-20(37)22(18-13-47-25(29)31-18)32-45-21(24(39)40)12-44-16-6-4-14(5-7-16)19-11-34(10-15(36)9-28)26(30)33(19)3/h4-7,11,13,15,17,21,30,36H,8-10,12,28H2,1-3H3,(H2,29,31)(H,39,40)(H,41,42,43)/b30-26?,32-22-. The minimum absolute atomic E-state index is 0.0443. The first-order valence-corrected chi connectivity index (χ1v) is 16.3. The van der Waals surface area contributed by atoms with E-state index in [-0.39, 0.29) is 35.3 Å².